The van der Waals surface area contributed by atoms with Gasteiger partial charge in [0.15, 0.2) is 0 Å². The average Bonchev–Trinajstić information content (AvgIpc) is 3.01. The Morgan fingerprint density at radius 3 is 2.43 bits per heavy atom. The minimum atomic E-state index is -0.748. The molecular formula is C16H23N3O4. The Kier molecular flexibility index (Phi) is 7.05. The number of furan rings is 1. The number of carbonyl (C=O) groups is 3. The fourth-order valence-corrected chi connectivity index (χ4v) is 1.82. The van der Waals surface area contributed by atoms with Gasteiger partial charge in [-0.3, -0.25) is 14.4 Å². The predicted octanol–water partition coefficient (Wildman–Crippen LogP) is 0.734. The molecule has 3 amide bonds. The van der Waals surface area contributed by atoms with Crippen LogP contribution in [-0.4, -0.2) is 61.8 Å². The highest BCUT2D eigenvalue weighted by molar-refractivity contribution is 5.95. The smallest absolute Gasteiger partial charge is 0.244 e. The molecule has 0 aliphatic carbocycles. The van der Waals surface area contributed by atoms with Gasteiger partial charge in [0.05, 0.1) is 6.26 Å². The monoisotopic (exact) mass is 321 g/mol. The van der Waals surface area contributed by atoms with Crippen molar-refractivity contribution in [2.45, 2.75) is 18.9 Å². The van der Waals surface area contributed by atoms with E-state index in [-0.39, 0.29) is 24.7 Å². The lowest BCUT2D eigenvalue weighted by atomic mass is 10.1. The standard InChI is InChI=1S/C16H23N3O4/c1-18(2)15(21)10-8-13(16(22)19(3)4)17-14(20)9-7-12-6-5-11-23-12/h5-7,9,11,13H,8,10H2,1-4H3,(H,17,20). The van der Waals surface area contributed by atoms with Crippen LogP contribution in [0, 0.1) is 0 Å². The van der Waals surface area contributed by atoms with Gasteiger partial charge in [-0.25, -0.2) is 0 Å². The van der Waals surface area contributed by atoms with Gasteiger partial charge in [0.25, 0.3) is 0 Å². The van der Waals surface area contributed by atoms with Crippen LogP contribution in [-0.2, 0) is 14.4 Å². The van der Waals surface area contributed by atoms with E-state index in [2.05, 4.69) is 5.32 Å². The first-order valence-electron chi connectivity index (χ1n) is 7.24. The highest BCUT2D eigenvalue weighted by atomic mass is 16.3. The molecule has 1 atom stereocenters. The summed E-state index contributed by atoms with van der Waals surface area (Å²) in [5.41, 5.74) is 0. The van der Waals surface area contributed by atoms with E-state index < -0.39 is 11.9 Å². The van der Waals surface area contributed by atoms with Gasteiger partial charge < -0.3 is 19.5 Å². The summed E-state index contributed by atoms with van der Waals surface area (Å²) in [4.78, 5) is 38.6. The van der Waals surface area contributed by atoms with Crippen LogP contribution in [0.4, 0.5) is 0 Å². The van der Waals surface area contributed by atoms with Gasteiger partial charge in [0, 0.05) is 40.7 Å². The zero-order valence-electron chi connectivity index (χ0n) is 13.9. The van der Waals surface area contributed by atoms with Crippen molar-refractivity contribution in [2.75, 3.05) is 28.2 Å². The second kappa shape index (κ2) is 8.77. The Balaban J connectivity index is 2.66. The molecule has 1 heterocycles. The lowest BCUT2D eigenvalue weighted by Crippen LogP contribution is -2.46. The van der Waals surface area contributed by atoms with Crippen molar-refractivity contribution < 1.29 is 18.8 Å². The molecule has 0 bridgehead atoms. The molecule has 0 aliphatic heterocycles. The van der Waals surface area contributed by atoms with Crippen LogP contribution in [0.2, 0.25) is 0 Å². The van der Waals surface area contributed by atoms with Crippen molar-refractivity contribution in [1.29, 1.82) is 0 Å². The maximum Gasteiger partial charge on any atom is 0.244 e. The van der Waals surface area contributed by atoms with Crippen molar-refractivity contribution in [3.63, 3.8) is 0 Å². The van der Waals surface area contributed by atoms with Gasteiger partial charge in [-0.2, -0.15) is 0 Å². The summed E-state index contributed by atoms with van der Waals surface area (Å²) in [6.07, 6.45) is 4.73. The normalized spacial score (nSPS) is 12.0. The number of hydrogen-bond acceptors (Lipinski definition) is 4. The first kappa shape index (κ1) is 18.5. The van der Waals surface area contributed by atoms with E-state index >= 15 is 0 Å². The molecule has 1 N–H and O–H groups in total. The molecule has 0 aromatic carbocycles. The number of carbonyl (C=O) groups excluding carboxylic acids is 3. The van der Waals surface area contributed by atoms with Crippen LogP contribution in [0.15, 0.2) is 28.9 Å². The highest BCUT2D eigenvalue weighted by Gasteiger charge is 2.22. The second-order valence-corrected chi connectivity index (χ2v) is 5.47. The van der Waals surface area contributed by atoms with Gasteiger partial charge in [-0.1, -0.05) is 0 Å². The highest BCUT2D eigenvalue weighted by Crippen LogP contribution is 2.05. The molecule has 7 heteroatoms. The summed E-state index contributed by atoms with van der Waals surface area (Å²) >= 11 is 0. The van der Waals surface area contributed by atoms with Crippen LogP contribution < -0.4 is 5.32 Å². The molecule has 0 saturated carbocycles. The van der Waals surface area contributed by atoms with Crippen LogP contribution in [0.1, 0.15) is 18.6 Å². The molecule has 0 radical (unpaired) electrons. The Bertz CT molecular complexity index is 562. The van der Waals surface area contributed by atoms with Crippen molar-refractivity contribution in [3.05, 3.63) is 30.2 Å². The van der Waals surface area contributed by atoms with Crippen LogP contribution in [0.5, 0.6) is 0 Å². The van der Waals surface area contributed by atoms with Crippen LogP contribution >= 0.6 is 0 Å². The zero-order valence-corrected chi connectivity index (χ0v) is 13.9. The van der Waals surface area contributed by atoms with E-state index in [9.17, 15) is 14.4 Å². The first-order valence-corrected chi connectivity index (χ1v) is 7.24. The molecular weight excluding hydrogens is 298 g/mol. The Hall–Kier alpha value is -2.57. The third kappa shape index (κ3) is 6.37. The molecule has 0 saturated heterocycles. The van der Waals surface area contributed by atoms with Crippen LogP contribution in [0.25, 0.3) is 6.08 Å². The summed E-state index contributed by atoms with van der Waals surface area (Å²) in [6.45, 7) is 0. The summed E-state index contributed by atoms with van der Waals surface area (Å²) in [5.74, 6) is -0.226. The number of amides is 3. The summed E-state index contributed by atoms with van der Waals surface area (Å²) in [5, 5.41) is 2.63. The predicted molar refractivity (Wildman–Crippen MR) is 86.3 cm³/mol. The summed E-state index contributed by atoms with van der Waals surface area (Å²) in [7, 11) is 6.51. The fraction of sp³-hybridized carbons (Fsp3) is 0.438. The van der Waals surface area contributed by atoms with Gasteiger partial charge in [0.2, 0.25) is 17.7 Å². The average molecular weight is 321 g/mol. The minimum Gasteiger partial charge on any atom is -0.465 e. The van der Waals surface area contributed by atoms with Gasteiger partial charge >= 0.3 is 0 Å². The Morgan fingerprint density at radius 2 is 1.91 bits per heavy atom. The first-order chi connectivity index (χ1) is 10.8. The molecule has 1 unspecified atom stereocenters. The number of nitrogens with zero attached hydrogens (tertiary/aromatic N) is 2. The second-order valence-electron chi connectivity index (χ2n) is 5.47. The van der Waals surface area contributed by atoms with Crippen molar-refractivity contribution in [3.8, 4) is 0 Å². The lowest BCUT2D eigenvalue weighted by Gasteiger charge is -2.21. The molecule has 1 aromatic heterocycles. The number of likely N-dealkylation sites (N-methyl/N-ethyl adjacent to an activating group) is 1. The van der Waals surface area contributed by atoms with Crippen molar-refractivity contribution in [2.24, 2.45) is 0 Å². The van der Waals surface area contributed by atoms with E-state index in [4.69, 9.17) is 4.42 Å². The molecule has 1 aromatic rings. The van der Waals surface area contributed by atoms with E-state index in [1.54, 1.807) is 40.3 Å². The SMILES string of the molecule is CN(C)C(=O)CCC(NC(=O)C=Cc1ccco1)C(=O)N(C)C. The summed E-state index contributed by atoms with van der Waals surface area (Å²) in [6, 6.07) is 2.67. The molecule has 1 rings (SSSR count). The summed E-state index contributed by atoms with van der Waals surface area (Å²) < 4.78 is 5.09. The zero-order chi connectivity index (χ0) is 17.4. The van der Waals surface area contributed by atoms with Gasteiger partial charge in [-0.15, -0.1) is 0 Å². The van der Waals surface area contributed by atoms with Crippen molar-refractivity contribution in [1.82, 2.24) is 15.1 Å². The molecule has 0 aliphatic rings. The Labute approximate surface area is 135 Å². The molecule has 126 valence electrons. The van der Waals surface area contributed by atoms with E-state index in [0.29, 0.717) is 5.76 Å². The number of hydrogen-bond donors (Lipinski definition) is 1. The fourth-order valence-electron chi connectivity index (χ4n) is 1.82. The topological polar surface area (TPSA) is 82.9 Å². The number of nitrogens with one attached hydrogen (secondary N) is 1. The van der Waals surface area contributed by atoms with Crippen molar-refractivity contribution >= 4 is 23.8 Å². The largest absolute Gasteiger partial charge is 0.465 e. The Morgan fingerprint density at radius 1 is 1.22 bits per heavy atom. The molecule has 7 nitrogen and oxygen atoms in total. The quantitative estimate of drug-likeness (QED) is 0.751. The van der Waals surface area contributed by atoms with Gasteiger partial charge in [0.1, 0.15) is 11.8 Å². The third-order valence-electron chi connectivity index (χ3n) is 3.14. The van der Waals surface area contributed by atoms with E-state index in [1.165, 1.54) is 28.2 Å². The molecule has 23 heavy (non-hydrogen) atoms. The van der Waals surface area contributed by atoms with E-state index in [1.807, 2.05) is 0 Å². The van der Waals surface area contributed by atoms with E-state index in [0.717, 1.165) is 0 Å². The van der Waals surface area contributed by atoms with Crippen LogP contribution in [0.3, 0.4) is 0 Å². The maximum absolute atomic E-state index is 12.1. The van der Waals surface area contributed by atoms with Gasteiger partial charge in [-0.05, 0) is 24.6 Å². The lowest BCUT2D eigenvalue weighted by molar-refractivity contribution is -0.134. The molecule has 0 fully saturated rings. The minimum absolute atomic E-state index is 0.0954. The maximum atomic E-state index is 12.1. The molecule has 0 spiro atoms. The number of rotatable bonds is 7. The third-order valence-corrected chi connectivity index (χ3v) is 3.14.